The van der Waals surface area contributed by atoms with Crippen LogP contribution in [0.1, 0.15) is 18.4 Å². The van der Waals surface area contributed by atoms with Crippen molar-refractivity contribution in [3.05, 3.63) is 17.7 Å². The first-order chi connectivity index (χ1) is 7.54. The number of anilines is 1. The molecule has 5 nitrogen and oxygen atoms in total. The van der Waals surface area contributed by atoms with Crippen molar-refractivity contribution in [2.75, 3.05) is 5.73 Å². The molecule has 16 heavy (non-hydrogen) atoms. The molecule has 0 unspecified atom stereocenters. The van der Waals surface area contributed by atoms with Crippen molar-refractivity contribution in [3.8, 4) is 11.3 Å². The Labute approximate surface area is 94.9 Å². The lowest BCUT2D eigenvalue weighted by Gasteiger charge is -1.99. The summed E-state index contributed by atoms with van der Waals surface area (Å²) >= 11 is 0. The van der Waals surface area contributed by atoms with Crippen LogP contribution in [0.3, 0.4) is 0 Å². The predicted molar refractivity (Wildman–Crippen MR) is 63.9 cm³/mol. The Kier molecular flexibility index (Phi) is 2.46. The van der Waals surface area contributed by atoms with Crippen LogP contribution in [0.15, 0.2) is 6.20 Å². The van der Waals surface area contributed by atoms with Gasteiger partial charge in [-0.05, 0) is 13.3 Å². The van der Waals surface area contributed by atoms with Crippen molar-refractivity contribution < 1.29 is 0 Å². The van der Waals surface area contributed by atoms with Gasteiger partial charge in [0, 0.05) is 25.9 Å². The average molecular weight is 219 g/mol. The topological polar surface area (TPSA) is 61.7 Å². The number of rotatable bonds is 2. The second-order valence-electron chi connectivity index (χ2n) is 3.97. The van der Waals surface area contributed by atoms with Gasteiger partial charge in [-0.1, -0.05) is 6.92 Å². The van der Waals surface area contributed by atoms with E-state index in [4.69, 9.17) is 5.73 Å². The molecule has 0 aliphatic rings. The Bertz CT molecular complexity index is 521. The zero-order valence-electron chi connectivity index (χ0n) is 10.2. The van der Waals surface area contributed by atoms with Gasteiger partial charge in [0.25, 0.3) is 0 Å². The minimum absolute atomic E-state index is 0.695. The smallest absolute Gasteiger partial charge is 0.131 e. The first-order valence-corrected chi connectivity index (χ1v) is 5.36. The van der Waals surface area contributed by atoms with E-state index in [2.05, 4.69) is 17.0 Å². The van der Waals surface area contributed by atoms with Gasteiger partial charge in [-0.15, -0.1) is 0 Å². The zero-order chi connectivity index (χ0) is 11.9. The molecule has 0 aliphatic heterocycles. The molecule has 0 radical (unpaired) electrons. The quantitative estimate of drug-likeness (QED) is 0.827. The molecule has 0 spiro atoms. The lowest BCUT2D eigenvalue weighted by molar-refractivity contribution is 0.746. The Balaban J connectivity index is 2.62. The number of nitrogens with zero attached hydrogens (tertiary/aromatic N) is 4. The normalized spacial score (nSPS) is 11.0. The third kappa shape index (κ3) is 1.48. The second-order valence-corrected chi connectivity index (χ2v) is 3.97. The number of hydrogen-bond acceptors (Lipinski definition) is 3. The zero-order valence-corrected chi connectivity index (χ0v) is 10.2. The Morgan fingerprint density at radius 2 is 2.06 bits per heavy atom. The highest BCUT2D eigenvalue weighted by atomic mass is 15.3. The summed E-state index contributed by atoms with van der Waals surface area (Å²) in [6, 6.07) is 0. The van der Waals surface area contributed by atoms with Crippen LogP contribution in [0.2, 0.25) is 0 Å². The number of aryl methyl sites for hydroxylation is 3. The highest BCUT2D eigenvalue weighted by molar-refractivity contribution is 5.72. The molecule has 0 amide bonds. The Morgan fingerprint density at radius 1 is 1.38 bits per heavy atom. The molecule has 2 aromatic heterocycles. The molecule has 0 bridgehead atoms. The highest BCUT2D eigenvalue weighted by Gasteiger charge is 2.16. The number of aromatic nitrogens is 4. The molecule has 0 saturated heterocycles. The first-order valence-electron chi connectivity index (χ1n) is 5.36. The van der Waals surface area contributed by atoms with E-state index in [0.717, 1.165) is 29.2 Å². The van der Waals surface area contributed by atoms with Gasteiger partial charge in [-0.3, -0.25) is 4.68 Å². The fraction of sp³-hybridized carbons (Fsp3) is 0.455. The summed E-state index contributed by atoms with van der Waals surface area (Å²) in [6.07, 6.45) is 2.85. The van der Waals surface area contributed by atoms with Gasteiger partial charge in [0.05, 0.1) is 5.69 Å². The number of hydrogen-bond donors (Lipinski definition) is 1. The maximum absolute atomic E-state index is 6.03. The van der Waals surface area contributed by atoms with E-state index in [1.54, 1.807) is 4.68 Å². The van der Waals surface area contributed by atoms with Crippen LogP contribution in [-0.2, 0) is 20.5 Å². The minimum atomic E-state index is 0.695. The SMILES string of the molecule is CCc1nn(C)cc1-c1nc(C)n(C)c1N. The van der Waals surface area contributed by atoms with E-state index in [0.29, 0.717) is 5.82 Å². The Hall–Kier alpha value is -1.78. The molecule has 2 aromatic rings. The van der Waals surface area contributed by atoms with Crippen LogP contribution >= 0.6 is 0 Å². The van der Waals surface area contributed by atoms with Gasteiger partial charge < -0.3 is 10.3 Å². The van der Waals surface area contributed by atoms with Crippen molar-refractivity contribution >= 4 is 5.82 Å². The molecule has 0 fully saturated rings. The molecule has 2 heterocycles. The molecule has 5 heteroatoms. The molecule has 0 atom stereocenters. The molecule has 0 saturated carbocycles. The summed E-state index contributed by atoms with van der Waals surface area (Å²) in [7, 11) is 3.83. The molecular weight excluding hydrogens is 202 g/mol. The van der Waals surface area contributed by atoms with Gasteiger partial charge in [-0.25, -0.2) is 4.98 Å². The van der Waals surface area contributed by atoms with E-state index >= 15 is 0 Å². The fourth-order valence-electron chi connectivity index (χ4n) is 1.82. The maximum Gasteiger partial charge on any atom is 0.131 e. The summed E-state index contributed by atoms with van der Waals surface area (Å²) in [4.78, 5) is 4.49. The van der Waals surface area contributed by atoms with Gasteiger partial charge in [-0.2, -0.15) is 5.10 Å². The van der Waals surface area contributed by atoms with Crippen LogP contribution in [0.4, 0.5) is 5.82 Å². The van der Waals surface area contributed by atoms with E-state index in [-0.39, 0.29) is 0 Å². The van der Waals surface area contributed by atoms with Gasteiger partial charge >= 0.3 is 0 Å². The third-order valence-corrected chi connectivity index (χ3v) is 2.86. The fourth-order valence-corrected chi connectivity index (χ4v) is 1.82. The lowest BCUT2D eigenvalue weighted by Crippen LogP contribution is -1.98. The van der Waals surface area contributed by atoms with Gasteiger partial charge in [0.2, 0.25) is 0 Å². The van der Waals surface area contributed by atoms with Crippen molar-refractivity contribution in [1.82, 2.24) is 19.3 Å². The first kappa shape index (κ1) is 10.7. The van der Waals surface area contributed by atoms with Crippen LogP contribution in [0.5, 0.6) is 0 Å². The molecule has 2 rings (SSSR count). The van der Waals surface area contributed by atoms with Crippen molar-refractivity contribution in [2.24, 2.45) is 14.1 Å². The second kappa shape index (κ2) is 3.66. The maximum atomic E-state index is 6.03. The molecule has 86 valence electrons. The van der Waals surface area contributed by atoms with E-state index < -0.39 is 0 Å². The Morgan fingerprint density at radius 3 is 2.56 bits per heavy atom. The number of nitrogen functional groups attached to an aromatic ring is 1. The number of nitrogens with two attached hydrogens (primary N) is 1. The summed E-state index contributed by atoms with van der Waals surface area (Å²) in [5, 5.41) is 4.40. The van der Waals surface area contributed by atoms with Gasteiger partial charge in [0.15, 0.2) is 0 Å². The molecular formula is C11H17N5. The predicted octanol–water partition coefficient (Wildman–Crippen LogP) is 1.27. The largest absolute Gasteiger partial charge is 0.383 e. The van der Waals surface area contributed by atoms with Gasteiger partial charge in [0.1, 0.15) is 17.3 Å². The van der Waals surface area contributed by atoms with Crippen LogP contribution in [-0.4, -0.2) is 19.3 Å². The van der Waals surface area contributed by atoms with Crippen LogP contribution in [0.25, 0.3) is 11.3 Å². The molecule has 0 aromatic carbocycles. The van der Waals surface area contributed by atoms with Crippen molar-refractivity contribution in [3.63, 3.8) is 0 Å². The van der Waals surface area contributed by atoms with Crippen LogP contribution in [0, 0.1) is 6.92 Å². The summed E-state index contributed by atoms with van der Waals surface area (Å²) < 4.78 is 3.69. The van der Waals surface area contributed by atoms with Crippen molar-refractivity contribution in [1.29, 1.82) is 0 Å². The summed E-state index contributed by atoms with van der Waals surface area (Å²) in [5.74, 6) is 1.61. The van der Waals surface area contributed by atoms with Crippen LogP contribution < -0.4 is 5.73 Å². The number of imidazole rings is 1. The van der Waals surface area contributed by atoms with E-state index in [1.807, 2.05) is 31.8 Å². The highest BCUT2D eigenvalue weighted by Crippen LogP contribution is 2.27. The summed E-state index contributed by atoms with van der Waals surface area (Å²) in [6.45, 7) is 4.03. The monoisotopic (exact) mass is 219 g/mol. The average Bonchev–Trinajstić information content (AvgIpc) is 2.74. The molecule has 2 N–H and O–H groups in total. The minimum Gasteiger partial charge on any atom is -0.383 e. The summed E-state index contributed by atoms with van der Waals surface area (Å²) in [5.41, 5.74) is 8.94. The third-order valence-electron chi connectivity index (χ3n) is 2.86. The standard InChI is InChI=1S/C11H17N5/c1-5-9-8(6-15(3)14-9)10-11(12)16(4)7(2)13-10/h6H,5,12H2,1-4H3. The van der Waals surface area contributed by atoms with E-state index in [9.17, 15) is 0 Å². The van der Waals surface area contributed by atoms with E-state index in [1.165, 1.54) is 0 Å². The van der Waals surface area contributed by atoms with Crippen molar-refractivity contribution in [2.45, 2.75) is 20.3 Å². The molecule has 0 aliphatic carbocycles. The lowest BCUT2D eigenvalue weighted by atomic mass is 10.1.